The summed E-state index contributed by atoms with van der Waals surface area (Å²) in [5, 5.41) is 7.66. The third kappa shape index (κ3) is 3.56. The summed E-state index contributed by atoms with van der Waals surface area (Å²) in [6.07, 6.45) is 0. The highest BCUT2D eigenvalue weighted by molar-refractivity contribution is 14.1. The minimum absolute atomic E-state index is 0.112. The third-order valence-corrected chi connectivity index (χ3v) is 4.24. The van der Waals surface area contributed by atoms with Gasteiger partial charge >= 0.3 is 0 Å². The van der Waals surface area contributed by atoms with Crippen LogP contribution in [-0.2, 0) is 10.0 Å². The number of benzene rings is 2. The number of para-hydroxylation sites is 1. The molecule has 1 amide bonds. The van der Waals surface area contributed by atoms with Gasteiger partial charge in [0.15, 0.2) is 0 Å². The van der Waals surface area contributed by atoms with Crippen molar-refractivity contribution < 1.29 is 13.2 Å². The van der Waals surface area contributed by atoms with Crippen molar-refractivity contribution in [3.63, 3.8) is 0 Å². The summed E-state index contributed by atoms with van der Waals surface area (Å²) >= 11 is 2.13. The highest BCUT2D eigenvalue weighted by Crippen LogP contribution is 2.20. The molecule has 0 spiro atoms. The Kier molecular flexibility index (Phi) is 4.41. The Morgan fingerprint density at radius 2 is 1.65 bits per heavy atom. The van der Waals surface area contributed by atoms with Gasteiger partial charge in [-0.15, -0.1) is 0 Å². The van der Waals surface area contributed by atoms with Crippen LogP contribution >= 0.6 is 22.6 Å². The Bertz CT molecular complexity index is 742. The molecule has 2 rings (SSSR count). The largest absolute Gasteiger partial charge is 0.321 e. The summed E-state index contributed by atoms with van der Waals surface area (Å²) in [4.78, 5) is 11.9. The number of nitrogens with one attached hydrogen (secondary N) is 1. The van der Waals surface area contributed by atoms with E-state index in [1.165, 1.54) is 12.1 Å². The molecule has 0 bridgehead atoms. The van der Waals surface area contributed by atoms with Gasteiger partial charge in [0.05, 0.1) is 5.69 Å². The van der Waals surface area contributed by atoms with Gasteiger partial charge in [0, 0.05) is 9.13 Å². The molecule has 2 aromatic rings. The van der Waals surface area contributed by atoms with Crippen molar-refractivity contribution in [3.8, 4) is 0 Å². The molecule has 2 aromatic carbocycles. The standard InChI is InChI=1S/C13H11IN2O3S/c14-10-7-5-9(6-8-10)13(17)16-11-3-1-2-4-12(11)20(15,18)19/h1-8H,(H,16,17)(H2,15,18,19). The van der Waals surface area contributed by atoms with Crippen molar-refractivity contribution in [1.82, 2.24) is 0 Å². The van der Waals surface area contributed by atoms with E-state index in [2.05, 4.69) is 27.9 Å². The van der Waals surface area contributed by atoms with Crippen molar-refractivity contribution in [2.24, 2.45) is 5.14 Å². The van der Waals surface area contributed by atoms with E-state index < -0.39 is 15.9 Å². The van der Waals surface area contributed by atoms with E-state index in [4.69, 9.17) is 5.14 Å². The molecule has 0 radical (unpaired) electrons. The Balaban J connectivity index is 2.31. The molecule has 0 aliphatic carbocycles. The lowest BCUT2D eigenvalue weighted by molar-refractivity contribution is 0.102. The average Bonchev–Trinajstić information content (AvgIpc) is 2.38. The van der Waals surface area contributed by atoms with Crippen LogP contribution in [0.3, 0.4) is 0 Å². The number of sulfonamides is 1. The summed E-state index contributed by atoms with van der Waals surface area (Å²) in [5.74, 6) is -0.391. The zero-order chi connectivity index (χ0) is 14.8. The van der Waals surface area contributed by atoms with Crippen LogP contribution in [0.15, 0.2) is 53.4 Å². The van der Waals surface area contributed by atoms with E-state index in [1.807, 2.05) is 0 Å². The van der Waals surface area contributed by atoms with Crippen LogP contribution < -0.4 is 10.5 Å². The van der Waals surface area contributed by atoms with E-state index in [0.29, 0.717) is 5.56 Å². The van der Waals surface area contributed by atoms with Gasteiger partial charge in [0.25, 0.3) is 5.91 Å². The number of anilines is 1. The van der Waals surface area contributed by atoms with Crippen molar-refractivity contribution in [2.45, 2.75) is 4.90 Å². The van der Waals surface area contributed by atoms with Crippen LogP contribution in [0.2, 0.25) is 0 Å². The minimum atomic E-state index is -3.88. The molecule has 0 fully saturated rings. The van der Waals surface area contributed by atoms with Crippen LogP contribution in [0.5, 0.6) is 0 Å². The minimum Gasteiger partial charge on any atom is -0.321 e. The third-order valence-electron chi connectivity index (χ3n) is 2.55. The van der Waals surface area contributed by atoms with Crippen LogP contribution in [0.4, 0.5) is 5.69 Å². The molecule has 0 saturated carbocycles. The van der Waals surface area contributed by atoms with Gasteiger partial charge in [-0.3, -0.25) is 4.79 Å². The van der Waals surface area contributed by atoms with E-state index >= 15 is 0 Å². The second kappa shape index (κ2) is 5.90. The maximum absolute atomic E-state index is 12.1. The summed E-state index contributed by atoms with van der Waals surface area (Å²) in [5.41, 5.74) is 0.605. The Morgan fingerprint density at radius 1 is 1.05 bits per heavy atom. The lowest BCUT2D eigenvalue weighted by Crippen LogP contribution is -2.18. The molecule has 104 valence electrons. The second-order valence-corrected chi connectivity index (χ2v) is 6.78. The molecule has 0 heterocycles. The first-order chi connectivity index (χ1) is 9.38. The van der Waals surface area contributed by atoms with Crippen molar-refractivity contribution in [2.75, 3.05) is 5.32 Å². The SMILES string of the molecule is NS(=O)(=O)c1ccccc1NC(=O)c1ccc(I)cc1. The van der Waals surface area contributed by atoms with Gasteiger partial charge < -0.3 is 5.32 Å². The number of carbonyl (C=O) groups excluding carboxylic acids is 1. The van der Waals surface area contributed by atoms with Gasteiger partial charge in [0.1, 0.15) is 4.90 Å². The average molecular weight is 402 g/mol. The van der Waals surface area contributed by atoms with Crippen LogP contribution in [0.25, 0.3) is 0 Å². The summed E-state index contributed by atoms with van der Waals surface area (Å²) in [6.45, 7) is 0. The van der Waals surface area contributed by atoms with Gasteiger partial charge in [-0.1, -0.05) is 12.1 Å². The highest BCUT2D eigenvalue weighted by Gasteiger charge is 2.15. The number of halogens is 1. The summed E-state index contributed by atoms with van der Waals surface area (Å²) in [7, 11) is -3.88. The Hall–Kier alpha value is -1.45. The van der Waals surface area contributed by atoms with Gasteiger partial charge in [-0.2, -0.15) is 0 Å². The molecular formula is C13H11IN2O3S. The highest BCUT2D eigenvalue weighted by atomic mass is 127. The number of nitrogens with two attached hydrogens (primary N) is 1. The normalized spacial score (nSPS) is 11.1. The van der Waals surface area contributed by atoms with Gasteiger partial charge in [0.2, 0.25) is 10.0 Å². The quantitative estimate of drug-likeness (QED) is 0.772. The molecular weight excluding hydrogens is 391 g/mol. The van der Waals surface area contributed by atoms with Crippen LogP contribution in [0.1, 0.15) is 10.4 Å². The van der Waals surface area contributed by atoms with Gasteiger partial charge in [-0.05, 0) is 59.0 Å². The molecule has 0 saturated heterocycles. The number of amides is 1. The molecule has 5 nitrogen and oxygen atoms in total. The fraction of sp³-hybridized carbons (Fsp3) is 0. The summed E-state index contributed by atoms with van der Waals surface area (Å²) in [6, 6.07) is 12.9. The number of rotatable bonds is 3. The molecule has 3 N–H and O–H groups in total. The predicted molar refractivity (Wildman–Crippen MR) is 84.9 cm³/mol. The lowest BCUT2D eigenvalue weighted by atomic mass is 10.2. The fourth-order valence-electron chi connectivity index (χ4n) is 1.61. The van der Waals surface area contributed by atoms with Crippen LogP contribution in [-0.4, -0.2) is 14.3 Å². The first-order valence-corrected chi connectivity index (χ1v) is 8.19. The molecule has 0 unspecified atom stereocenters. The van der Waals surface area contributed by atoms with E-state index in [9.17, 15) is 13.2 Å². The monoisotopic (exact) mass is 402 g/mol. The number of hydrogen-bond donors (Lipinski definition) is 2. The fourth-order valence-corrected chi connectivity index (χ4v) is 2.67. The number of hydrogen-bond acceptors (Lipinski definition) is 3. The molecule has 0 aliphatic heterocycles. The number of primary sulfonamides is 1. The van der Waals surface area contributed by atoms with E-state index in [0.717, 1.165) is 3.57 Å². The maximum Gasteiger partial charge on any atom is 0.255 e. The molecule has 0 atom stereocenters. The Labute approximate surface area is 130 Å². The molecule has 20 heavy (non-hydrogen) atoms. The molecule has 0 aliphatic rings. The van der Waals surface area contributed by atoms with Crippen molar-refractivity contribution in [1.29, 1.82) is 0 Å². The van der Waals surface area contributed by atoms with Crippen molar-refractivity contribution >= 4 is 44.2 Å². The smallest absolute Gasteiger partial charge is 0.255 e. The predicted octanol–water partition coefficient (Wildman–Crippen LogP) is 2.19. The van der Waals surface area contributed by atoms with E-state index in [-0.39, 0.29) is 10.6 Å². The topological polar surface area (TPSA) is 89.3 Å². The zero-order valence-electron chi connectivity index (χ0n) is 10.2. The first kappa shape index (κ1) is 14.9. The first-order valence-electron chi connectivity index (χ1n) is 5.56. The van der Waals surface area contributed by atoms with Gasteiger partial charge in [-0.25, -0.2) is 13.6 Å². The summed E-state index contributed by atoms with van der Waals surface area (Å²) < 4.78 is 23.9. The zero-order valence-corrected chi connectivity index (χ0v) is 13.2. The lowest BCUT2D eigenvalue weighted by Gasteiger charge is -2.09. The number of carbonyl (C=O) groups is 1. The maximum atomic E-state index is 12.1. The van der Waals surface area contributed by atoms with E-state index in [1.54, 1.807) is 36.4 Å². The second-order valence-electron chi connectivity index (χ2n) is 4.00. The van der Waals surface area contributed by atoms with Crippen molar-refractivity contribution in [3.05, 3.63) is 57.7 Å². The molecule has 7 heteroatoms. The van der Waals surface area contributed by atoms with Crippen LogP contribution in [0, 0.1) is 3.57 Å². The molecule has 0 aromatic heterocycles. The Morgan fingerprint density at radius 3 is 2.25 bits per heavy atom.